The van der Waals surface area contributed by atoms with Gasteiger partial charge in [0, 0.05) is 13.7 Å². The van der Waals surface area contributed by atoms with Gasteiger partial charge in [0.15, 0.2) is 0 Å². The molecule has 0 saturated carbocycles. The van der Waals surface area contributed by atoms with E-state index in [0.717, 1.165) is 12.8 Å². The first kappa shape index (κ1) is 13.9. The number of methoxy groups -OCH3 is 1. The topological polar surface area (TPSA) is 38.8 Å². The second-order valence-electron chi connectivity index (χ2n) is 5.34. The highest BCUT2D eigenvalue weighted by Crippen LogP contribution is 2.30. The zero-order valence-corrected chi connectivity index (χ0v) is 11.1. The monoisotopic (exact) mass is 239 g/mol. The number of rotatable bonds is 2. The first-order valence-corrected chi connectivity index (χ1v) is 5.82. The molecule has 0 bridgehead atoms. The van der Waals surface area contributed by atoms with Crippen LogP contribution in [-0.4, -0.2) is 42.4 Å². The zero-order valence-electron chi connectivity index (χ0n) is 11.1. The van der Waals surface area contributed by atoms with Crippen LogP contribution in [0.15, 0.2) is 0 Å². The van der Waals surface area contributed by atoms with Crippen molar-refractivity contribution < 1.29 is 14.3 Å². The van der Waals surface area contributed by atoms with Gasteiger partial charge in [-0.05, 0) is 33.6 Å². The molecule has 0 spiro atoms. The van der Waals surface area contributed by atoms with Crippen molar-refractivity contribution in [1.82, 2.24) is 4.90 Å². The predicted octanol–water partition coefficient (Wildman–Crippen LogP) is 2.04. The molecule has 0 aromatic heterocycles. The summed E-state index contributed by atoms with van der Waals surface area (Å²) < 4.78 is 10.5. The Balaban J connectivity index is 2.82. The molecular formula is C13H21NO3. The average molecular weight is 239 g/mol. The summed E-state index contributed by atoms with van der Waals surface area (Å²) in [5, 5.41) is 0. The van der Waals surface area contributed by atoms with Crippen LogP contribution in [0.3, 0.4) is 0 Å². The van der Waals surface area contributed by atoms with E-state index in [0.29, 0.717) is 13.2 Å². The van der Waals surface area contributed by atoms with Crippen LogP contribution in [0.2, 0.25) is 0 Å². The molecule has 96 valence electrons. The fourth-order valence-electron chi connectivity index (χ4n) is 2.04. The fourth-order valence-corrected chi connectivity index (χ4v) is 2.04. The lowest BCUT2D eigenvalue weighted by atomic mass is 9.99. The summed E-state index contributed by atoms with van der Waals surface area (Å²) in [4.78, 5) is 13.7. The number of hydrogen-bond donors (Lipinski definition) is 0. The summed E-state index contributed by atoms with van der Waals surface area (Å²) in [5.74, 6) is 2.70. The highest BCUT2D eigenvalue weighted by atomic mass is 16.6. The van der Waals surface area contributed by atoms with Gasteiger partial charge in [-0.15, -0.1) is 6.42 Å². The summed E-state index contributed by atoms with van der Waals surface area (Å²) in [6, 6.07) is 0. The maximum Gasteiger partial charge on any atom is 0.411 e. The van der Waals surface area contributed by atoms with Crippen LogP contribution in [0, 0.1) is 12.3 Å². The van der Waals surface area contributed by atoms with E-state index in [1.807, 2.05) is 20.8 Å². The van der Waals surface area contributed by atoms with Crippen LogP contribution in [0.25, 0.3) is 0 Å². The van der Waals surface area contributed by atoms with Gasteiger partial charge in [-0.1, -0.05) is 5.92 Å². The fraction of sp³-hybridized carbons (Fsp3) is 0.769. The van der Waals surface area contributed by atoms with Crippen molar-refractivity contribution >= 4 is 6.09 Å². The Labute approximate surface area is 103 Å². The average Bonchev–Trinajstić information content (AvgIpc) is 2.60. The molecule has 1 atom stereocenters. The maximum absolute atomic E-state index is 12.1. The minimum Gasteiger partial charge on any atom is -0.444 e. The summed E-state index contributed by atoms with van der Waals surface area (Å²) in [7, 11) is 1.59. The lowest BCUT2D eigenvalue weighted by Gasteiger charge is -2.34. The normalized spacial score (nSPS) is 24.5. The van der Waals surface area contributed by atoms with Gasteiger partial charge in [-0.25, -0.2) is 4.79 Å². The van der Waals surface area contributed by atoms with Crippen molar-refractivity contribution in [2.45, 2.75) is 44.8 Å². The molecule has 1 aliphatic heterocycles. The third kappa shape index (κ3) is 3.13. The Morgan fingerprint density at radius 3 is 2.65 bits per heavy atom. The molecule has 1 amide bonds. The smallest absolute Gasteiger partial charge is 0.411 e. The van der Waals surface area contributed by atoms with Gasteiger partial charge in [0.1, 0.15) is 11.1 Å². The molecule has 1 saturated heterocycles. The zero-order chi connectivity index (χ0) is 13.1. The SMILES string of the molecule is C#CC1(COC)CCCN1C(=O)OC(C)(C)C. The lowest BCUT2D eigenvalue weighted by molar-refractivity contribution is 0.00336. The molecule has 4 heteroatoms. The standard InChI is InChI=1S/C13H21NO3/c1-6-13(10-16-5)8-7-9-14(13)11(15)17-12(2,3)4/h1H,7-10H2,2-5H3. The molecule has 17 heavy (non-hydrogen) atoms. The molecule has 1 aliphatic rings. The first-order chi connectivity index (χ1) is 7.84. The first-order valence-electron chi connectivity index (χ1n) is 5.82. The number of carbonyl (C=O) groups is 1. The number of likely N-dealkylation sites (tertiary alicyclic amines) is 1. The molecule has 1 fully saturated rings. The molecule has 0 radical (unpaired) electrons. The van der Waals surface area contributed by atoms with E-state index in [1.165, 1.54) is 0 Å². The van der Waals surface area contributed by atoms with E-state index < -0.39 is 11.1 Å². The molecule has 1 heterocycles. The third-order valence-corrected chi connectivity index (χ3v) is 2.75. The number of amides is 1. The van der Waals surface area contributed by atoms with Crippen LogP contribution in [0.5, 0.6) is 0 Å². The van der Waals surface area contributed by atoms with Crippen molar-refractivity contribution in [1.29, 1.82) is 0 Å². The van der Waals surface area contributed by atoms with E-state index >= 15 is 0 Å². The summed E-state index contributed by atoms with van der Waals surface area (Å²) in [5.41, 5.74) is -1.15. The predicted molar refractivity (Wildman–Crippen MR) is 65.6 cm³/mol. The number of hydrogen-bond acceptors (Lipinski definition) is 3. The molecule has 1 rings (SSSR count). The molecule has 0 aliphatic carbocycles. The highest BCUT2D eigenvalue weighted by Gasteiger charge is 2.44. The second kappa shape index (κ2) is 4.97. The molecule has 0 aromatic rings. The Morgan fingerprint density at radius 1 is 1.53 bits per heavy atom. The van der Waals surface area contributed by atoms with Gasteiger partial charge in [0.25, 0.3) is 0 Å². The Hall–Kier alpha value is -1.21. The van der Waals surface area contributed by atoms with Gasteiger partial charge in [-0.3, -0.25) is 4.90 Å². The molecule has 0 aromatic carbocycles. The largest absolute Gasteiger partial charge is 0.444 e. The maximum atomic E-state index is 12.1. The number of ether oxygens (including phenoxy) is 2. The summed E-state index contributed by atoms with van der Waals surface area (Å²) >= 11 is 0. The quantitative estimate of drug-likeness (QED) is 0.692. The van der Waals surface area contributed by atoms with Crippen LogP contribution >= 0.6 is 0 Å². The van der Waals surface area contributed by atoms with Gasteiger partial charge < -0.3 is 9.47 Å². The van der Waals surface area contributed by atoms with E-state index in [-0.39, 0.29) is 6.09 Å². The van der Waals surface area contributed by atoms with Gasteiger partial charge in [-0.2, -0.15) is 0 Å². The summed E-state index contributed by atoms with van der Waals surface area (Å²) in [6.07, 6.45) is 6.85. The van der Waals surface area contributed by atoms with E-state index in [9.17, 15) is 4.79 Å². The molecule has 1 unspecified atom stereocenters. The molecule has 0 N–H and O–H groups in total. The van der Waals surface area contributed by atoms with Gasteiger partial charge in [0.05, 0.1) is 6.61 Å². The van der Waals surface area contributed by atoms with Crippen LogP contribution < -0.4 is 0 Å². The van der Waals surface area contributed by atoms with Crippen molar-refractivity contribution in [2.75, 3.05) is 20.3 Å². The Morgan fingerprint density at radius 2 is 2.18 bits per heavy atom. The van der Waals surface area contributed by atoms with Crippen LogP contribution in [0.1, 0.15) is 33.6 Å². The van der Waals surface area contributed by atoms with E-state index in [1.54, 1.807) is 12.0 Å². The van der Waals surface area contributed by atoms with Crippen LogP contribution in [0.4, 0.5) is 4.79 Å². The van der Waals surface area contributed by atoms with Gasteiger partial charge >= 0.3 is 6.09 Å². The molecule has 4 nitrogen and oxygen atoms in total. The van der Waals surface area contributed by atoms with E-state index in [4.69, 9.17) is 15.9 Å². The molecular weight excluding hydrogens is 218 g/mol. The lowest BCUT2D eigenvalue weighted by Crippen LogP contribution is -2.51. The van der Waals surface area contributed by atoms with Crippen molar-refractivity contribution in [2.24, 2.45) is 0 Å². The van der Waals surface area contributed by atoms with Crippen molar-refractivity contribution in [3.63, 3.8) is 0 Å². The van der Waals surface area contributed by atoms with Gasteiger partial charge in [0.2, 0.25) is 0 Å². The summed E-state index contributed by atoms with van der Waals surface area (Å²) in [6.45, 7) is 6.50. The highest BCUT2D eigenvalue weighted by molar-refractivity contribution is 5.70. The minimum atomic E-state index is -0.642. The number of terminal acetylenes is 1. The number of carbonyl (C=O) groups excluding carboxylic acids is 1. The van der Waals surface area contributed by atoms with Crippen molar-refractivity contribution in [3.8, 4) is 12.3 Å². The van der Waals surface area contributed by atoms with Crippen LogP contribution in [-0.2, 0) is 9.47 Å². The third-order valence-electron chi connectivity index (χ3n) is 2.75. The number of nitrogens with zero attached hydrogens (tertiary/aromatic N) is 1. The Kier molecular flexibility index (Phi) is 4.05. The second-order valence-corrected chi connectivity index (χ2v) is 5.34. The van der Waals surface area contributed by atoms with E-state index in [2.05, 4.69) is 5.92 Å². The van der Waals surface area contributed by atoms with Crippen molar-refractivity contribution in [3.05, 3.63) is 0 Å². The minimum absolute atomic E-state index is 0.350. The Bertz CT molecular complexity index is 327.